The number of nitrogens with two attached hydrogens (primary N) is 1. The Kier molecular flexibility index (Phi) is 6.72. The van der Waals surface area contributed by atoms with E-state index in [1.165, 1.54) is 14.8 Å². The average molecular weight is 520 g/mol. The van der Waals surface area contributed by atoms with Crippen molar-refractivity contribution in [2.24, 2.45) is 5.73 Å². The summed E-state index contributed by atoms with van der Waals surface area (Å²) in [7, 11) is 0. The van der Waals surface area contributed by atoms with Crippen LogP contribution in [0.2, 0.25) is 0 Å². The number of anilines is 1. The maximum Gasteiger partial charge on any atom is 0.320 e. The molecule has 2 aliphatic rings. The molecule has 1 fully saturated rings. The van der Waals surface area contributed by atoms with Gasteiger partial charge in [-0.05, 0) is 59.0 Å². The number of amides is 2. The highest BCUT2D eigenvalue weighted by Crippen LogP contribution is 2.37. The van der Waals surface area contributed by atoms with Crippen LogP contribution >= 0.6 is 22.6 Å². The van der Waals surface area contributed by atoms with Crippen molar-refractivity contribution in [2.45, 2.75) is 32.2 Å². The van der Waals surface area contributed by atoms with Crippen molar-refractivity contribution in [2.75, 3.05) is 44.2 Å². The maximum absolute atomic E-state index is 13.2. The molecule has 2 amide bonds. The van der Waals surface area contributed by atoms with Gasteiger partial charge in [0.15, 0.2) is 0 Å². The van der Waals surface area contributed by atoms with Crippen LogP contribution in [0.3, 0.4) is 0 Å². The first-order valence-electron chi connectivity index (χ1n) is 10.6. The summed E-state index contributed by atoms with van der Waals surface area (Å²) in [5.74, 6) is 1.57. The molecule has 1 aliphatic carbocycles. The van der Waals surface area contributed by atoms with E-state index in [-0.39, 0.29) is 6.03 Å². The minimum absolute atomic E-state index is 0.0694. The fraction of sp³-hybridized carbons (Fsp3) is 0.500. The molecule has 7 nitrogen and oxygen atoms in total. The van der Waals surface area contributed by atoms with Crippen LogP contribution in [0.1, 0.15) is 36.1 Å². The summed E-state index contributed by atoms with van der Waals surface area (Å²) in [5.41, 5.74) is 9.43. The second-order valence-electron chi connectivity index (χ2n) is 8.09. The molecule has 1 aliphatic heterocycles. The topological polar surface area (TPSA) is 78.6 Å². The van der Waals surface area contributed by atoms with Crippen molar-refractivity contribution >= 4 is 34.4 Å². The summed E-state index contributed by atoms with van der Waals surface area (Å²) in [4.78, 5) is 28.4. The molecule has 2 N–H and O–H groups in total. The van der Waals surface area contributed by atoms with Crippen LogP contribution in [0, 0.1) is 3.57 Å². The molecule has 1 aromatic carbocycles. The van der Waals surface area contributed by atoms with Gasteiger partial charge in [-0.2, -0.15) is 0 Å². The normalized spacial score (nSPS) is 18.4. The van der Waals surface area contributed by atoms with E-state index in [1.807, 2.05) is 9.80 Å². The molecule has 1 aromatic heterocycles. The molecule has 8 heteroatoms. The van der Waals surface area contributed by atoms with Crippen LogP contribution in [0.5, 0.6) is 0 Å². The smallest absolute Gasteiger partial charge is 0.320 e. The van der Waals surface area contributed by atoms with Crippen molar-refractivity contribution in [3.05, 3.63) is 51.0 Å². The van der Waals surface area contributed by atoms with Crippen LogP contribution in [-0.4, -0.2) is 65.1 Å². The van der Waals surface area contributed by atoms with Crippen LogP contribution in [0.25, 0.3) is 0 Å². The number of nitrogens with zero attached hydrogens (tertiary/aromatic N) is 5. The van der Waals surface area contributed by atoms with Crippen LogP contribution in [-0.2, 0) is 13.0 Å². The Morgan fingerprint density at radius 1 is 1.20 bits per heavy atom. The predicted molar refractivity (Wildman–Crippen MR) is 127 cm³/mol. The van der Waals surface area contributed by atoms with Gasteiger partial charge in [-0.15, -0.1) is 0 Å². The number of piperazine rings is 1. The van der Waals surface area contributed by atoms with Crippen LogP contribution in [0.15, 0.2) is 30.6 Å². The molecular formula is C22H29IN6O. The molecule has 30 heavy (non-hydrogen) atoms. The van der Waals surface area contributed by atoms with E-state index in [4.69, 9.17) is 5.73 Å². The molecule has 2 aromatic rings. The Labute approximate surface area is 191 Å². The zero-order chi connectivity index (χ0) is 21.1. The number of carbonyl (C=O) groups excluding carboxylic acids is 1. The zero-order valence-corrected chi connectivity index (χ0v) is 19.6. The number of hydrogen-bond donors (Lipinski definition) is 1. The predicted octanol–water partition coefficient (Wildman–Crippen LogP) is 2.83. The van der Waals surface area contributed by atoms with E-state index in [0.29, 0.717) is 38.6 Å². The second-order valence-corrected chi connectivity index (χ2v) is 9.34. The Morgan fingerprint density at radius 2 is 1.93 bits per heavy atom. The van der Waals surface area contributed by atoms with Crippen molar-refractivity contribution in [3.8, 4) is 0 Å². The van der Waals surface area contributed by atoms with Gasteiger partial charge in [-0.1, -0.05) is 19.1 Å². The lowest BCUT2D eigenvalue weighted by Crippen LogP contribution is -2.53. The summed E-state index contributed by atoms with van der Waals surface area (Å²) in [6, 6.07) is 8.36. The quantitative estimate of drug-likeness (QED) is 0.614. The van der Waals surface area contributed by atoms with Gasteiger partial charge >= 0.3 is 6.03 Å². The van der Waals surface area contributed by atoms with E-state index in [9.17, 15) is 4.79 Å². The summed E-state index contributed by atoms with van der Waals surface area (Å²) < 4.78 is 1.19. The van der Waals surface area contributed by atoms with Gasteiger partial charge in [-0.25, -0.2) is 14.8 Å². The molecule has 1 atom stereocenters. The van der Waals surface area contributed by atoms with E-state index in [2.05, 4.69) is 68.6 Å². The van der Waals surface area contributed by atoms with Gasteiger partial charge in [0.1, 0.15) is 12.1 Å². The van der Waals surface area contributed by atoms with Crippen LogP contribution < -0.4 is 10.6 Å². The standard InChI is InChI=1S/C22H29IN6O/c1-16-2-7-19-20(16)21(26-15-25-19)27-10-12-28(13-11-27)22(30)29(9-8-24)14-17-3-5-18(23)6-4-17/h3-6,15-16H,2,7-14,24H2,1H3/t16-/m1/s1. The first-order valence-corrected chi connectivity index (χ1v) is 11.7. The maximum atomic E-state index is 13.2. The lowest BCUT2D eigenvalue weighted by Gasteiger charge is -2.38. The molecule has 1 saturated heterocycles. The third kappa shape index (κ3) is 4.54. The molecule has 0 bridgehead atoms. The summed E-state index contributed by atoms with van der Waals surface area (Å²) >= 11 is 2.29. The van der Waals surface area contributed by atoms with Gasteiger partial charge in [0.25, 0.3) is 0 Å². The fourth-order valence-electron chi connectivity index (χ4n) is 4.39. The lowest BCUT2D eigenvalue weighted by molar-refractivity contribution is 0.148. The third-order valence-corrected chi connectivity index (χ3v) is 6.78. The van der Waals surface area contributed by atoms with Gasteiger partial charge in [-0.3, -0.25) is 0 Å². The van der Waals surface area contributed by atoms with Crippen molar-refractivity contribution in [1.82, 2.24) is 19.8 Å². The average Bonchev–Trinajstić information content (AvgIpc) is 3.16. The first-order chi connectivity index (χ1) is 14.6. The summed E-state index contributed by atoms with van der Waals surface area (Å²) in [6.07, 6.45) is 3.87. The van der Waals surface area contributed by atoms with E-state index >= 15 is 0 Å². The molecule has 0 saturated carbocycles. The molecular weight excluding hydrogens is 491 g/mol. The van der Waals surface area contributed by atoms with E-state index < -0.39 is 0 Å². The van der Waals surface area contributed by atoms with Crippen molar-refractivity contribution in [3.63, 3.8) is 0 Å². The highest BCUT2D eigenvalue weighted by atomic mass is 127. The number of aromatic nitrogens is 2. The number of rotatable bonds is 5. The molecule has 4 rings (SSSR count). The SMILES string of the molecule is C[C@@H]1CCc2ncnc(N3CCN(C(=O)N(CCN)Cc4ccc(I)cc4)CC3)c21. The van der Waals surface area contributed by atoms with E-state index in [1.54, 1.807) is 6.33 Å². The highest BCUT2D eigenvalue weighted by Gasteiger charge is 2.30. The molecule has 0 unspecified atom stereocenters. The van der Waals surface area contributed by atoms with Gasteiger partial charge in [0.2, 0.25) is 0 Å². The summed E-state index contributed by atoms with van der Waals surface area (Å²) in [5, 5.41) is 0. The van der Waals surface area contributed by atoms with Crippen molar-refractivity contribution < 1.29 is 4.79 Å². The third-order valence-electron chi connectivity index (χ3n) is 6.06. The Bertz CT molecular complexity index is 882. The minimum atomic E-state index is 0.0694. The van der Waals surface area contributed by atoms with E-state index in [0.717, 1.165) is 37.3 Å². The number of hydrogen-bond acceptors (Lipinski definition) is 5. The molecule has 160 valence electrons. The highest BCUT2D eigenvalue weighted by molar-refractivity contribution is 14.1. The number of aryl methyl sites for hydroxylation is 1. The number of urea groups is 1. The zero-order valence-electron chi connectivity index (χ0n) is 17.4. The Hall–Kier alpha value is -1.94. The molecule has 0 radical (unpaired) electrons. The monoisotopic (exact) mass is 520 g/mol. The van der Waals surface area contributed by atoms with Crippen LogP contribution in [0.4, 0.5) is 10.6 Å². The van der Waals surface area contributed by atoms with Gasteiger partial charge < -0.3 is 20.4 Å². The number of fused-ring (bicyclic) bond motifs is 1. The second kappa shape index (κ2) is 9.47. The first kappa shape index (κ1) is 21.3. The number of benzene rings is 1. The Balaban J connectivity index is 1.41. The lowest BCUT2D eigenvalue weighted by atomic mass is 10.1. The largest absolute Gasteiger partial charge is 0.353 e. The molecule has 2 heterocycles. The van der Waals surface area contributed by atoms with Crippen molar-refractivity contribution in [1.29, 1.82) is 0 Å². The number of carbonyl (C=O) groups is 1. The van der Waals surface area contributed by atoms with Gasteiger partial charge in [0, 0.05) is 60.6 Å². The summed E-state index contributed by atoms with van der Waals surface area (Å²) in [6.45, 7) is 6.84. The Morgan fingerprint density at radius 3 is 2.63 bits per heavy atom. The van der Waals surface area contributed by atoms with Gasteiger partial charge in [0.05, 0.1) is 0 Å². The number of halogens is 1. The minimum Gasteiger partial charge on any atom is -0.353 e. The fourth-order valence-corrected chi connectivity index (χ4v) is 4.75. The molecule has 0 spiro atoms.